The summed E-state index contributed by atoms with van der Waals surface area (Å²) in [6.45, 7) is 4.70. The number of hydrogen-bond acceptors (Lipinski definition) is 2. The van der Waals surface area contributed by atoms with Gasteiger partial charge in [0.25, 0.3) is 0 Å². The van der Waals surface area contributed by atoms with Gasteiger partial charge in [0.2, 0.25) is 0 Å². The third-order valence-corrected chi connectivity index (χ3v) is 10.9. The zero-order valence-corrected chi connectivity index (χ0v) is 28.6. The second-order valence-electron chi connectivity index (χ2n) is 14.1. The van der Waals surface area contributed by atoms with E-state index in [1.54, 1.807) is 0 Å². The van der Waals surface area contributed by atoms with Gasteiger partial charge in [-0.2, -0.15) is 0 Å². The summed E-state index contributed by atoms with van der Waals surface area (Å²) < 4.78 is 6.67. The highest BCUT2D eigenvalue weighted by Gasteiger charge is 2.36. The Morgan fingerprint density at radius 2 is 1.00 bits per heavy atom. The minimum Gasteiger partial charge on any atom is -0.455 e. The van der Waals surface area contributed by atoms with Crippen LogP contribution in [0.15, 0.2) is 180 Å². The summed E-state index contributed by atoms with van der Waals surface area (Å²) >= 11 is 0. The topological polar surface area (TPSA) is 16.4 Å². The third-order valence-electron chi connectivity index (χ3n) is 10.9. The zero-order chi connectivity index (χ0) is 34.1. The first-order valence-corrected chi connectivity index (χ1v) is 17.7. The lowest BCUT2D eigenvalue weighted by atomic mass is 9.82. The summed E-state index contributed by atoms with van der Waals surface area (Å²) in [4.78, 5) is 2.44. The van der Waals surface area contributed by atoms with Gasteiger partial charge in [0.1, 0.15) is 11.2 Å². The molecular weight excluding hydrogens is 619 g/mol. The number of para-hydroxylation sites is 1. The van der Waals surface area contributed by atoms with Gasteiger partial charge in [0.05, 0.1) is 5.69 Å². The lowest BCUT2D eigenvalue weighted by molar-refractivity contribution is 0.660. The lowest BCUT2D eigenvalue weighted by Gasteiger charge is -2.29. The van der Waals surface area contributed by atoms with E-state index in [4.69, 9.17) is 4.42 Å². The van der Waals surface area contributed by atoms with Gasteiger partial charge in [-0.25, -0.2) is 0 Å². The van der Waals surface area contributed by atoms with Crippen LogP contribution in [0.3, 0.4) is 0 Å². The van der Waals surface area contributed by atoms with E-state index in [1.165, 1.54) is 38.9 Å². The van der Waals surface area contributed by atoms with Crippen LogP contribution in [0.25, 0.3) is 66.1 Å². The van der Waals surface area contributed by atoms with Crippen LogP contribution < -0.4 is 4.90 Å². The Hall–Kier alpha value is -6.38. The number of benzene rings is 8. The highest BCUT2D eigenvalue weighted by Crippen LogP contribution is 2.52. The molecule has 0 radical (unpaired) electrons. The first-order chi connectivity index (χ1) is 25.0. The first-order valence-electron chi connectivity index (χ1n) is 17.7. The van der Waals surface area contributed by atoms with Gasteiger partial charge in [0, 0.05) is 38.3 Å². The zero-order valence-electron chi connectivity index (χ0n) is 28.6. The predicted molar refractivity (Wildman–Crippen MR) is 214 cm³/mol. The molecule has 2 nitrogen and oxygen atoms in total. The van der Waals surface area contributed by atoms with E-state index in [0.29, 0.717) is 0 Å². The van der Waals surface area contributed by atoms with Crippen molar-refractivity contribution in [2.24, 2.45) is 0 Å². The summed E-state index contributed by atoms with van der Waals surface area (Å²) in [5.74, 6) is 0. The Kier molecular flexibility index (Phi) is 6.56. The molecule has 1 aliphatic rings. The second kappa shape index (κ2) is 11.3. The fourth-order valence-corrected chi connectivity index (χ4v) is 8.27. The number of nitrogens with zero attached hydrogens (tertiary/aromatic N) is 1. The molecule has 0 aliphatic heterocycles. The van der Waals surface area contributed by atoms with Crippen molar-refractivity contribution in [3.8, 4) is 33.4 Å². The number of anilines is 3. The monoisotopic (exact) mass is 653 g/mol. The maximum atomic E-state index is 6.67. The van der Waals surface area contributed by atoms with Crippen LogP contribution in [0.4, 0.5) is 17.1 Å². The predicted octanol–water partition coefficient (Wildman–Crippen LogP) is 13.8. The minimum atomic E-state index is -0.123. The molecule has 0 unspecified atom stereocenters. The Bertz CT molecular complexity index is 2760. The van der Waals surface area contributed by atoms with Crippen molar-refractivity contribution in [2.75, 3.05) is 4.90 Å². The molecule has 0 amide bonds. The molecule has 0 saturated carbocycles. The number of fused-ring (bicyclic) bond motifs is 8. The van der Waals surface area contributed by atoms with E-state index < -0.39 is 0 Å². The van der Waals surface area contributed by atoms with Gasteiger partial charge in [-0.1, -0.05) is 147 Å². The van der Waals surface area contributed by atoms with E-state index in [-0.39, 0.29) is 5.41 Å². The molecule has 8 aromatic carbocycles. The third kappa shape index (κ3) is 4.64. The maximum absolute atomic E-state index is 6.67. The molecule has 10 rings (SSSR count). The van der Waals surface area contributed by atoms with Crippen LogP contribution in [0, 0.1) is 0 Å². The van der Waals surface area contributed by atoms with Gasteiger partial charge in [0.15, 0.2) is 0 Å². The molecule has 0 atom stereocenters. The number of rotatable bonds is 5. The highest BCUT2D eigenvalue weighted by molar-refractivity contribution is 6.20. The summed E-state index contributed by atoms with van der Waals surface area (Å²) in [6, 6.07) is 63.7. The SMILES string of the molecule is CC1(C)c2ccccc2-c2ccc(N(c3ccc(-c4ccccc4)cc3)c3cc4c5ccccc5oc4c4cc(-c5ccccc5)ccc34)cc21. The fourth-order valence-electron chi connectivity index (χ4n) is 8.27. The molecule has 0 bridgehead atoms. The molecule has 2 heteroatoms. The van der Waals surface area contributed by atoms with Crippen molar-refractivity contribution in [1.29, 1.82) is 0 Å². The quantitative estimate of drug-likeness (QED) is 0.184. The van der Waals surface area contributed by atoms with Crippen molar-refractivity contribution in [3.05, 3.63) is 187 Å². The number of hydrogen-bond donors (Lipinski definition) is 0. The smallest absolute Gasteiger partial charge is 0.143 e. The van der Waals surface area contributed by atoms with Gasteiger partial charge in [-0.15, -0.1) is 0 Å². The van der Waals surface area contributed by atoms with E-state index in [2.05, 4.69) is 189 Å². The molecule has 0 N–H and O–H groups in total. The normalized spacial score (nSPS) is 13.1. The van der Waals surface area contributed by atoms with Gasteiger partial charge in [-0.3, -0.25) is 0 Å². The van der Waals surface area contributed by atoms with Crippen molar-refractivity contribution >= 4 is 49.8 Å². The molecule has 242 valence electrons. The molecule has 9 aromatic rings. The Labute approximate surface area is 297 Å². The molecule has 0 spiro atoms. The second-order valence-corrected chi connectivity index (χ2v) is 14.1. The lowest BCUT2D eigenvalue weighted by Crippen LogP contribution is -2.16. The summed E-state index contributed by atoms with van der Waals surface area (Å²) in [7, 11) is 0. The van der Waals surface area contributed by atoms with E-state index >= 15 is 0 Å². The maximum Gasteiger partial charge on any atom is 0.143 e. The standard InChI is InChI=1S/C49H35NO/c1-49(2)44-19-11-9-17-38(44)39-28-26-37(30-45(39)49)50(36-24-21-34(22-25-36)32-13-5-3-6-14-32)46-31-43-41-18-10-12-20-47(41)51-48(43)42-29-35(23-27-40(42)46)33-15-7-4-8-16-33/h3-31H,1-2H3. The van der Waals surface area contributed by atoms with Crippen LogP contribution in [0.5, 0.6) is 0 Å². The largest absolute Gasteiger partial charge is 0.455 e. The van der Waals surface area contributed by atoms with E-state index in [0.717, 1.165) is 55.3 Å². The fraction of sp³-hybridized carbons (Fsp3) is 0.0612. The molecule has 51 heavy (non-hydrogen) atoms. The van der Waals surface area contributed by atoms with Crippen LogP contribution in [-0.2, 0) is 5.41 Å². The average Bonchev–Trinajstić information content (AvgIpc) is 3.68. The van der Waals surface area contributed by atoms with Crippen LogP contribution in [0.2, 0.25) is 0 Å². The van der Waals surface area contributed by atoms with Crippen molar-refractivity contribution in [2.45, 2.75) is 19.3 Å². The average molecular weight is 654 g/mol. The Morgan fingerprint density at radius 1 is 0.412 bits per heavy atom. The van der Waals surface area contributed by atoms with Crippen LogP contribution >= 0.6 is 0 Å². The Balaban J connectivity index is 1.25. The first kappa shape index (κ1) is 29.5. The highest BCUT2D eigenvalue weighted by atomic mass is 16.3. The molecule has 0 saturated heterocycles. The molecule has 1 heterocycles. The molecule has 0 fully saturated rings. The molecule has 1 aromatic heterocycles. The van der Waals surface area contributed by atoms with Gasteiger partial charge < -0.3 is 9.32 Å². The van der Waals surface area contributed by atoms with Crippen molar-refractivity contribution in [3.63, 3.8) is 0 Å². The summed E-state index contributed by atoms with van der Waals surface area (Å²) in [6.07, 6.45) is 0. The van der Waals surface area contributed by atoms with Crippen LogP contribution in [-0.4, -0.2) is 0 Å². The number of furan rings is 1. The summed E-state index contributed by atoms with van der Waals surface area (Å²) in [5, 5.41) is 4.46. The minimum absolute atomic E-state index is 0.123. The van der Waals surface area contributed by atoms with Crippen LogP contribution in [0.1, 0.15) is 25.0 Å². The molecule has 1 aliphatic carbocycles. The van der Waals surface area contributed by atoms with E-state index in [9.17, 15) is 0 Å². The van der Waals surface area contributed by atoms with Gasteiger partial charge >= 0.3 is 0 Å². The van der Waals surface area contributed by atoms with E-state index in [1.807, 2.05) is 6.07 Å². The molecular formula is C49H35NO. The van der Waals surface area contributed by atoms with Gasteiger partial charge in [-0.05, 0) is 87.0 Å². The Morgan fingerprint density at radius 3 is 1.78 bits per heavy atom. The van der Waals surface area contributed by atoms with Crippen molar-refractivity contribution < 1.29 is 4.42 Å². The summed E-state index contributed by atoms with van der Waals surface area (Å²) in [5.41, 5.74) is 15.1. The van der Waals surface area contributed by atoms with Crippen molar-refractivity contribution in [1.82, 2.24) is 0 Å².